The minimum absolute atomic E-state index is 0.303. The summed E-state index contributed by atoms with van der Waals surface area (Å²) in [7, 11) is 0. The van der Waals surface area contributed by atoms with Gasteiger partial charge in [0.25, 0.3) is 5.91 Å². The molecule has 2 aromatic rings. The summed E-state index contributed by atoms with van der Waals surface area (Å²) in [6, 6.07) is 8.18. The van der Waals surface area contributed by atoms with Crippen molar-refractivity contribution < 1.29 is 19.4 Å². The molecular formula is C15H11BrN3O4-. The van der Waals surface area contributed by atoms with Gasteiger partial charge in [0.1, 0.15) is 12.4 Å². The van der Waals surface area contributed by atoms with Crippen LogP contribution < -0.4 is 15.3 Å². The molecule has 1 aromatic carbocycles. The van der Waals surface area contributed by atoms with Crippen molar-refractivity contribution in [2.75, 3.05) is 6.61 Å². The molecule has 23 heavy (non-hydrogen) atoms. The number of nitrogens with one attached hydrogen (secondary N) is 1. The number of carboxylic acid groups (broad SMARTS) is 1. The number of pyridine rings is 1. The second-order valence-electron chi connectivity index (χ2n) is 4.28. The van der Waals surface area contributed by atoms with Crippen LogP contribution in [-0.4, -0.2) is 29.7 Å². The summed E-state index contributed by atoms with van der Waals surface area (Å²) in [4.78, 5) is 26.1. The number of ether oxygens (including phenoxy) is 1. The van der Waals surface area contributed by atoms with Gasteiger partial charge in [-0.3, -0.25) is 9.78 Å². The Morgan fingerprint density at radius 2 is 2.22 bits per heavy atom. The lowest BCUT2D eigenvalue weighted by molar-refractivity contribution is -0.307. The predicted octanol–water partition coefficient (Wildman–Crippen LogP) is 0.737. The van der Waals surface area contributed by atoms with E-state index in [2.05, 4.69) is 31.4 Å². The van der Waals surface area contributed by atoms with Crippen molar-refractivity contribution in [3.8, 4) is 5.75 Å². The molecule has 0 radical (unpaired) electrons. The second kappa shape index (κ2) is 8.04. The van der Waals surface area contributed by atoms with Crippen LogP contribution in [0, 0.1) is 0 Å². The van der Waals surface area contributed by atoms with Crippen molar-refractivity contribution in [2.45, 2.75) is 0 Å². The Hall–Kier alpha value is -2.74. The summed E-state index contributed by atoms with van der Waals surface area (Å²) in [6.45, 7) is -0.579. The Morgan fingerprint density at radius 1 is 1.39 bits per heavy atom. The van der Waals surface area contributed by atoms with Crippen LogP contribution in [0.15, 0.2) is 52.3 Å². The monoisotopic (exact) mass is 376 g/mol. The van der Waals surface area contributed by atoms with E-state index < -0.39 is 18.5 Å². The first kappa shape index (κ1) is 16.6. The normalized spacial score (nSPS) is 10.5. The average molecular weight is 377 g/mol. The van der Waals surface area contributed by atoms with Crippen LogP contribution in [0.1, 0.15) is 15.9 Å². The number of rotatable bonds is 6. The molecule has 1 aromatic heterocycles. The Bertz CT molecular complexity index is 735. The van der Waals surface area contributed by atoms with Gasteiger partial charge >= 0.3 is 0 Å². The molecule has 1 amide bonds. The molecule has 0 aliphatic heterocycles. The van der Waals surface area contributed by atoms with E-state index in [4.69, 9.17) is 4.74 Å². The number of aliphatic carboxylic acids is 1. The minimum Gasteiger partial charge on any atom is -0.546 e. The molecule has 7 nitrogen and oxygen atoms in total. The standard InChI is InChI=1S/C15H12BrN3O4/c16-12-3-4-13(23-9-14(20)21)11(6-12)8-18-19-15(22)10-2-1-5-17-7-10/h1-8H,9H2,(H,19,22)(H,20,21)/p-1/b18-8-. The molecule has 0 aliphatic carbocycles. The topological polar surface area (TPSA) is 104 Å². The van der Waals surface area contributed by atoms with Gasteiger partial charge in [0, 0.05) is 22.4 Å². The minimum atomic E-state index is -1.33. The van der Waals surface area contributed by atoms with Gasteiger partial charge in [0.2, 0.25) is 0 Å². The van der Waals surface area contributed by atoms with Crippen LogP contribution in [0.2, 0.25) is 0 Å². The first-order valence-corrected chi connectivity index (χ1v) is 7.21. The molecule has 0 unspecified atom stereocenters. The molecule has 8 heteroatoms. The third-order valence-corrected chi connectivity index (χ3v) is 3.10. The highest BCUT2D eigenvalue weighted by Gasteiger charge is 2.05. The molecule has 0 saturated heterocycles. The fraction of sp³-hybridized carbons (Fsp3) is 0.0667. The van der Waals surface area contributed by atoms with Crippen molar-refractivity contribution in [1.82, 2.24) is 10.4 Å². The molecule has 2 rings (SSSR count). The quantitative estimate of drug-likeness (QED) is 0.591. The third-order valence-electron chi connectivity index (χ3n) is 2.61. The summed E-state index contributed by atoms with van der Waals surface area (Å²) >= 11 is 3.29. The average Bonchev–Trinajstić information content (AvgIpc) is 2.54. The summed E-state index contributed by atoms with van der Waals surface area (Å²) in [5, 5.41) is 14.3. The maximum absolute atomic E-state index is 11.8. The van der Waals surface area contributed by atoms with E-state index in [1.165, 1.54) is 12.4 Å². The number of hydrazone groups is 1. The van der Waals surface area contributed by atoms with E-state index in [-0.39, 0.29) is 0 Å². The molecule has 0 saturated carbocycles. The zero-order valence-electron chi connectivity index (χ0n) is 11.7. The number of halogens is 1. The Balaban J connectivity index is 2.07. The Labute approximate surface area is 140 Å². The lowest BCUT2D eigenvalue weighted by Crippen LogP contribution is -2.29. The SMILES string of the molecule is O=C([O-])COc1ccc(Br)cc1/C=N\NC(=O)c1cccnc1. The molecule has 0 bridgehead atoms. The molecule has 0 aliphatic rings. The maximum atomic E-state index is 11.8. The van der Waals surface area contributed by atoms with Crippen molar-refractivity contribution in [1.29, 1.82) is 0 Å². The van der Waals surface area contributed by atoms with Crippen LogP contribution in [0.4, 0.5) is 0 Å². The van der Waals surface area contributed by atoms with Gasteiger partial charge < -0.3 is 14.6 Å². The van der Waals surface area contributed by atoms with Crippen LogP contribution >= 0.6 is 15.9 Å². The molecule has 1 heterocycles. The van der Waals surface area contributed by atoms with Gasteiger partial charge in [-0.2, -0.15) is 5.10 Å². The van der Waals surface area contributed by atoms with E-state index in [0.717, 1.165) is 4.47 Å². The van der Waals surface area contributed by atoms with Crippen molar-refractivity contribution in [3.63, 3.8) is 0 Å². The largest absolute Gasteiger partial charge is 0.546 e. The molecular weight excluding hydrogens is 366 g/mol. The number of carboxylic acids is 1. The van der Waals surface area contributed by atoms with Gasteiger partial charge in [-0.25, -0.2) is 5.43 Å². The number of aromatic nitrogens is 1. The fourth-order valence-electron chi connectivity index (χ4n) is 1.61. The highest BCUT2D eigenvalue weighted by Crippen LogP contribution is 2.21. The molecule has 118 valence electrons. The molecule has 1 N–H and O–H groups in total. The van der Waals surface area contributed by atoms with E-state index in [0.29, 0.717) is 16.9 Å². The zero-order chi connectivity index (χ0) is 16.7. The molecule has 0 fully saturated rings. The van der Waals surface area contributed by atoms with Gasteiger partial charge in [-0.05, 0) is 30.3 Å². The Kier molecular flexibility index (Phi) is 5.81. The van der Waals surface area contributed by atoms with Crippen molar-refractivity contribution in [2.24, 2.45) is 5.10 Å². The summed E-state index contributed by atoms with van der Waals surface area (Å²) in [5.41, 5.74) is 3.21. The number of benzene rings is 1. The van der Waals surface area contributed by atoms with Gasteiger partial charge in [0.15, 0.2) is 0 Å². The summed E-state index contributed by atoms with van der Waals surface area (Å²) < 4.78 is 5.85. The third kappa shape index (κ3) is 5.19. The number of amides is 1. The highest BCUT2D eigenvalue weighted by atomic mass is 79.9. The maximum Gasteiger partial charge on any atom is 0.272 e. The second-order valence-corrected chi connectivity index (χ2v) is 5.20. The zero-order valence-corrected chi connectivity index (χ0v) is 13.3. The first-order valence-electron chi connectivity index (χ1n) is 6.42. The lowest BCUT2D eigenvalue weighted by Gasteiger charge is -2.09. The van der Waals surface area contributed by atoms with E-state index in [1.807, 2.05) is 0 Å². The number of carbonyl (C=O) groups is 2. The molecule has 0 spiro atoms. The number of hydrogen-bond acceptors (Lipinski definition) is 6. The van der Waals surface area contributed by atoms with Crippen LogP contribution in [-0.2, 0) is 4.79 Å². The Morgan fingerprint density at radius 3 is 2.91 bits per heavy atom. The smallest absolute Gasteiger partial charge is 0.272 e. The predicted molar refractivity (Wildman–Crippen MR) is 83.9 cm³/mol. The number of nitrogens with zero attached hydrogens (tertiary/aromatic N) is 2. The van der Waals surface area contributed by atoms with Crippen LogP contribution in [0.3, 0.4) is 0 Å². The van der Waals surface area contributed by atoms with Crippen molar-refractivity contribution >= 4 is 34.0 Å². The van der Waals surface area contributed by atoms with Gasteiger partial charge in [0.05, 0.1) is 17.7 Å². The first-order chi connectivity index (χ1) is 11.1. The highest BCUT2D eigenvalue weighted by molar-refractivity contribution is 9.10. The van der Waals surface area contributed by atoms with Crippen molar-refractivity contribution in [3.05, 3.63) is 58.3 Å². The fourth-order valence-corrected chi connectivity index (χ4v) is 1.99. The van der Waals surface area contributed by atoms with Crippen LogP contribution in [0.5, 0.6) is 5.75 Å². The van der Waals surface area contributed by atoms with Crippen LogP contribution in [0.25, 0.3) is 0 Å². The van der Waals surface area contributed by atoms with Gasteiger partial charge in [-0.1, -0.05) is 15.9 Å². The summed E-state index contributed by atoms with van der Waals surface area (Å²) in [5.74, 6) is -1.45. The number of hydrogen-bond donors (Lipinski definition) is 1. The lowest BCUT2D eigenvalue weighted by atomic mass is 10.2. The molecule has 0 atom stereocenters. The van der Waals surface area contributed by atoms with E-state index >= 15 is 0 Å². The van der Waals surface area contributed by atoms with E-state index in [1.54, 1.807) is 36.5 Å². The number of carbonyl (C=O) groups excluding carboxylic acids is 2. The van der Waals surface area contributed by atoms with E-state index in [9.17, 15) is 14.7 Å². The van der Waals surface area contributed by atoms with Gasteiger partial charge in [-0.15, -0.1) is 0 Å². The summed E-state index contributed by atoms with van der Waals surface area (Å²) in [6.07, 6.45) is 4.32.